The van der Waals surface area contributed by atoms with E-state index in [4.69, 9.17) is 0 Å². The van der Waals surface area contributed by atoms with E-state index < -0.39 is 6.04 Å². The van der Waals surface area contributed by atoms with Crippen molar-refractivity contribution in [2.75, 3.05) is 5.32 Å². The Balaban J connectivity index is 1.31. The first-order chi connectivity index (χ1) is 16.0. The van der Waals surface area contributed by atoms with Gasteiger partial charge in [0.15, 0.2) is 5.82 Å². The highest BCUT2D eigenvalue weighted by atomic mass is 16.2. The number of fused-ring (bicyclic) bond motifs is 1. The Morgan fingerprint density at radius 2 is 1.82 bits per heavy atom. The van der Waals surface area contributed by atoms with Gasteiger partial charge in [-0.2, -0.15) is 5.10 Å². The van der Waals surface area contributed by atoms with Crippen LogP contribution in [-0.2, 0) is 22.6 Å². The monoisotopic (exact) mass is 443 g/mol. The molecule has 0 bridgehead atoms. The first kappa shape index (κ1) is 21.4. The SMILES string of the molecule is CC(C)CC(=O)N1Cc2ccccc2CC1C(=O)Nc1ccc(-c2n[nH]c(C3CC3)n2)cc1. The van der Waals surface area contributed by atoms with E-state index in [9.17, 15) is 9.59 Å². The molecule has 2 aliphatic rings. The van der Waals surface area contributed by atoms with Gasteiger partial charge in [0.1, 0.15) is 11.9 Å². The Labute approximate surface area is 193 Å². The van der Waals surface area contributed by atoms with E-state index in [1.54, 1.807) is 4.90 Å². The molecule has 33 heavy (non-hydrogen) atoms. The number of H-pyrrole nitrogens is 1. The maximum Gasteiger partial charge on any atom is 0.247 e. The van der Waals surface area contributed by atoms with E-state index in [2.05, 4.69) is 20.5 Å². The third kappa shape index (κ3) is 4.67. The predicted molar refractivity (Wildman–Crippen MR) is 126 cm³/mol. The number of carbonyl (C=O) groups excluding carboxylic acids is 2. The Morgan fingerprint density at radius 1 is 1.09 bits per heavy atom. The van der Waals surface area contributed by atoms with Crippen LogP contribution in [0.5, 0.6) is 0 Å². The summed E-state index contributed by atoms with van der Waals surface area (Å²) >= 11 is 0. The van der Waals surface area contributed by atoms with Gasteiger partial charge in [-0.15, -0.1) is 0 Å². The average molecular weight is 444 g/mol. The molecule has 2 heterocycles. The zero-order valence-electron chi connectivity index (χ0n) is 19.0. The molecule has 7 nitrogen and oxygen atoms in total. The fourth-order valence-electron chi connectivity index (χ4n) is 4.36. The fraction of sp³-hybridized carbons (Fsp3) is 0.385. The van der Waals surface area contributed by atoms with Crippen LogP contribution in [0.3, 0.4) is 0 Å². The Morgan fingerprint density at radius 3 is 2.52 bits per heavy atom. The average Bonchev–Trinajstić information content (AvgIpc) is 3.55. The van der Waals surface area contributed by atoms with Gasteiger partial charge in [0, 0.05) is 36.6 Å². The summed E-state index contributed by atoms with van der Waals surface area (Å²) in [6.45, 7) is 4.51. The molecule has 3 aromatic rings. The Bertz CT molecular complexity index is 1160. The molecule has 1 saturated carbocycles. The molecule has 7 heteroatoms. The zero-order valence-corrected chi connectivity index (χ0v) is 19.0. The van der Waals surface area contributed by atoms with Gasteiger partial charge in [-0.3, -0.25) is 14.7 Å². The van der Waals surface area contributed by atoms with Crippen LogP contribution in [-0.4, -0.2) is 37.9 Å². The van der Waals surface area contributed by atoms with Crippen molar-refractivity contribution in [2.24, 2.45) is 5.92 Å². The lowest BCUT2D eigenvalue weighted by atomic mass is 9.92. The summed E-state index contributed by atoms with van der Waals surface area (Å²) in [5.41, 5.74) is 3.83. The molecule has 1 aliphatic heterocycles. The van der Waals surface area contributed by atoms with Crippen molar-refractivity contribution in [2.45, 2.75) is 58.0 Å². The van der Waals surface area contributed by atoms with E-state index in [0.29, 0.717) is 36.8 Å². The lowest BCUT2D eigenvalue weighted by Crippen LogP contribution is -2.50. The molecule has 0 radical (unpaired) electrons. The number of amides is 2. The Hall–Kier alpha value is -3.48. The number of aromatic amines is 1. The normalized spacial score (nSPS) is 17.7. The molecule has 2 N–H and O–H groups in total. The molecule has 1 aromatic heterocycles. The van der Waals surface area contributed by atoms with Crippen molar-refractivity contribution >= 4 is 17.5 Å². The molecule has 0 saturated heterocycles. The smallest absolute Gasteiger partial charge is 0.247 e. The molecule has 1 fully saturated rings. The van der Waals surface area contributed by atoms with E-state index in [-0.39, 0.29) is 17.7 Å². The number of carbonyl (C=O) groups is 2. The van der Waals surface area contributed by atoms with Crippen LogP contribution in [0.2, 0.25) is 0 Å². The second-order valence-electron chi connectivity index (χ2n) is 9.49. The number of nitrogens with one attached hydrogen (secondary N) is 2. The van der Waals surface area contributed by atoms with Crippen LogP contribution in [0.15, 0.2) is 48.5 Å². The summed E-state index contributed by atoms with van der Waals surface area (Å²) in [6, 6.07) is 15.1. The number of aromatic nitrogens is 3. The number of hydrogen-bond acceptors (Lipinski definition) is 4. The third-order valence-electron chi connectivity index (χ3n) is 6.33. The minimum absolute atomic E-state index is 0.0195. The number of anilines is 1. The zero-order chi connectivity index (χ0) is 22.9. The van der Waals surface area contributed by atoms with Crippen LogP contribution < -0.4 is 5.32 Å². The number of rotatable bonds is 6. The summed E-state index contributed by atoms with van der Waals surface area (Å²) in [5, 5.41) is 10.4. The highest BCUT2D eigenvalue weighted by Gasteiger charge is 2.34. The molecule has 170 valence electrons. The molecule has 5 rings (SSSR count). The standard InChI is InChI=1S/C26H29N5O2/c1-16(2)13-23(32)31-15-20-6-4-3-5-19(20)14-22(31)26(33)27-21-11-9-18(10-12-21)25-28-24(29-30-25)17-7-8-17/h3-6,9-12,16-17,22H,7-8,13-15H2,1-2H3,(H,27,33)(H,28,29,30). The van der Waals surface area contributed by atoms with Crippen LogP contribution in [0.25, 0.3) is 11.4 Å². The molecule has 1 unspecified atom stereocenters. The molecular formula is C26H29N5O2. The first-order valence-corrected chi connectivity index (χ1v) is 11.7. The van der Waals surface area contributed by atoms with Crippen LogP contribution >= 0.6 is 0 Å². The summed E-state index contributed by atoms with van der Waals surface area (Å²) in [7, 11) is 0. The van der Waals surface area contributed by atoms with E-state index in [1.807, 2.05) is 62.4 Å². The molecule has 2 aromatic carbocycles. The van der Waals surface area contributed by atoms with Gasteiger partial charge >= 0.3 is 0 Å². The topological polar surface area (TPSA) is 91.0 Å². The quantitative estimate of drug-likeness (QED) is 0.595. The molecule has 0 spiro atoms. The van der Waals surface area contributed by atoms with Crippen molar-refractivity contribution in [3.63, 3.8) is 0 Å². The fourth-order valence-corrected chi connectivity index (χ4v) is 4.36. The number of benzene rings is 2. The van der Waals surface area contributed by atoms with E-state index >= 15 is 0 Å². The maximum absolute atomic E-state index is 13.3. The summed E-state index contributed by atoms with van der Waals surface area (Å²) in [5.74, 6) is 2.23. The van der Waals surface area contributed by atoms with Gasteiger partial charge in [0.25, 0.3) is 0 Å². The van der Waals surface area contributed by atoms with Crippen LogP contribution in [0.4, 0.5) is 5.69 Å². The number of nitrogens with zero attached hydrogens (tertiary/aromatic N) is 3. The largest absolute Gasteiger partial charge is 0.326 e. The van der Waals surface area contributed by atoms with Gasteiger partial charge in [0.05, 0.1) is 0 Å². The van der Waals surface area contributed by atoms with Gasteiger partial charge in [0.2, 0.25) is 11.8 Å². The summed E-state index contributed by atoms with van der Waals surface area (Å²) in [6.07, 6.45) is 3.29. The highest BCUT2D eigenvalue weighted by molar-refractivity contribution is 5.97. The van der Waals surface area contributed by atoms with Gasteiger partial charge in [-0.05, 0) is 54.2 Å². The van der Waals surface area contributed by atoms with E-state index in [1.165, 1.54) is 12.8 Å². The van der Waals surface area contributed by atoms with Gasteiger partial charge in [-0.1, -0.05) is 38.1 Å². The second kappa shape index (κ2) is 8.81. The van der Waals surface area contributed by atoms with Crippen molar-refractivity contribution in [1.82, 2.24) is 20.1 Å². The first-order valence-electron chi connectivity index (χ1n) is 11.7. The van der Waals surface area contributed by atoms with Gasteiger partial charge in [-0.25, -0.2) is 4.98 Å². The van der Waals surface area contributed by atoms with Crippen molar-refractivity contribution in [1.29, 1.82) is 0 Å². The summed E-state index contributed by atoms with van der Waals surface area (Å²) < 4.78 is 0. The maximum atomic E-state index is 13.3. The lowest BCUT2D eigenvalue weighted by molar-refractivity contribution is -0.140. The third-order valence-corrected chi connectivity index (χ3v) is 6.33. The predicted octanol–water partition coefficient (Wildman–Crippen LogP) is 4.29. The van der Waals surface area contributed by atoms with Crippen LogP contribution in [0, 0.1) is 5.92 Å². The Kier molecular flexibility index (Phi) is 5.70. The molecule has 1 aliphatic carbocycles. The van der Waals surface area contributed by atoms with Gasteiger partial charge < -0.3 is 10.2 Å². The second-order valence-corrected chi connectivity index (χ2v) is 9.49. The minimum Gasteiger partial charge on any atom is -0.326 e. The van der Waals surface area contributed by atoms with Crippen molar-refractivity contribution < 1.29 is 9.59 Å². The molecular weight excluding hydrogens is 414 g/mol. The van der Waals surface area contributed by atoms with E-state index in [0.717, 1.165) is 22.5 Å². The van der Waals surface area contributed by atoms with Crippen molar-refractivity contribution in [3.8, 4) is 11.4 Å². The number of hydrogen-bond donors (Lipinski definition) is 2. The highest BCUT2D eigenvalue weighted by Crippen LogP contribution is 2.38. The molecule has 1 atom stereocenters. The van der Waals surface area contributed by atoms with Crippen LogP contribution in [0.1, 0.15) is 56.0 Å². The summed E-state index contributed by atoms with van der Waals surface area (Å²) in [4.78, 5) is 32.6. The minimum atomic E-state index is -0.528. The molecule has 2 amide bonds. The van der Waals surface area contributed by atoms with Crippen molar-refractivity contribution in [3.05, 3.63) is 65.5 Å². The lowest BCUT2D eigenvalue weighted by Gasteiger charge is -2.36.